The minimum Gasteiger partial charge on any atom is -0.368 e. The quantitative estimate of drug-likeness (QED) is 0.270. The first-order valence-electron chi connectivity index (χ1n) is 16.6. The molecule has 6 heteroatoms. The Morgan fingerprint density at radius 1 is 0.432 bits per heavy atom. The Labute approximate surface area is 265 Å². The van der Waals surface area contributed by atoms with Gasteiger partial charge in [0.05, 0.1) is 11.6 Å². The van der Waals surface area contributed by atoms with Crippen molar-refractivity contribution in [3.63, 3.8) is 0 Å². The zero-order valence-corrected chi connectivity index (χ0v) is 26.6. The Morgan fingerprint density at radius 2 is 0.818 bits per heavy atom. The number of nitrogens with one attached hydrogen (secondary N) is 4. The van der Waals surface area contributed by atoms with E-state index >= 15 is 0 Å². The smallest absolute Gasteiger partial charge is 0.0997 e. The summed E-state index contributed by atoms with van der Waals surface area (Å²) in [5.74, 6) is 1.76. The van der Waals surface area contributed by atoms with E-state index in [1.165, 1.54) is 46.2 Å². The summed E-state index contributed by atoms with van der Waals surface area (Å²) in [6.45, 7) is 18.2. The molecule has 44 heavy (non-hydrogen) atoms. The molecule has 234 valence electrons. The molecule has 0 saturated heterocycles. The van der Waals surface area contributed by atoms with E-state index in [9.17, 15) is 0 Å². The van der Waals surface area contributed by atoms with Crippen LogP contribution in [0.1, 0.15) is 59.1 Å². The highest BCUT2D eigenvalue weighted by molar-refractivity contribution is 5.25. The van der Waals surface area contributed by atoms with Crippen LogP contribution in [0.25, 0.3) is 0 Å². The van der Waals surface area contributed by atoms with E-state index < -0.39 is 0 Å². The highest BCUT2D eigenvalue weighted by Gasteiger charge is 2.13. The summed E-state index contributed by atoms with van der Waals surface area (Å²) in [6, 6.07) is 27.2. The number of rotatable bonds is 0. The fraction of sp³-hybridized carbons (Fsp3) is 0.421. The molecule has 0 aliphatic carbocycles. The van der Waals surface area contributed by atoms with Crippen molar-refractivity contribution in [2.45, 2.75) is 64.7 Å². The first kappa shape index (κ1) is 31.8. The minimum atomic E-state index is 0.729. The molecule has 12 aliphatic rings. The van der Waals surface area contributed by atoms with Gasteiger partial charge in [0, 0.05) is 58.9 Å². The summed E-state index contributed by atoms with van der Waals surface area (Å²) in [4.78, 5) is 4.83. The van der Waals surface area contributed by atoms with E-state index in [0.717, 1.165) is 103 Å². The van der Waals surface area contributed by atoms with Crippen LogP contribution in [0.4, 0.5) is 0 Å². The number of benzene rings is 3. The molecule has 0 spiro atoms. The van der Waals surface area contributed by atoms with Crippen LogP contribution in [-0.4, -0.2) is 49.1 Å². The highest BCUT2D eigenvalue weighted by atomic mass is 15.3. The van der Waals surface area contributed by atoms with Gasteiger partial charge in [0.25, 0.3) is 0 Å². The summed E-state index contributed by atoms with van der Waals surface area (Å²) in [5.41, 5.74) is 8.00. The van der Waals surface area contributed by atoms with E-state index in [4.69, 9.17) is 0 Å². The lowest BCUT2D eigenvalue weighted by atomic mass is 10.0. The van der Waals surface area contributed by atoms with Crippen molar-refractivity contribution in [1.82, 2.24) is 31.1 Å². The third kappa shape index (κ3) is 10.3. The highest BCUT2D eigenvalue weighted by Crippen LogP contribution is 2.15. The molecule has 15 rings (SSSR count). The van der Waals surface area contributed by atoms with Gasteiger partial charge >= 0.3 is 0 Å². The number of nitrogens with zero attached hydrogens (tertiary/aromatic N) is 2. The van der Waals surface area contributed by atoms with Crippen molar-refractivity contribution in [1.29, 1.82) is 0 Å². The fourth-order valence-electron chi connectivity index (χ4n) is 5.99. The molecule has 8 bridgehead atoms. The molecule has 0 fully saturated rings. The Morgan fingerprint density at radius 3 is 1.27 bits per heavy atom. The van der Waals surface area contributed by atoms with Crippen LogP contribution >= 0.6 is 0 Å². The lowest BCUT2D eigenvalue weighted by molar-refractivity contribution is 0.266. The maximum atomic E-state index is 4.43. The third-order valence-electron chi connectivity index (χ3n) is 8.87. The van der Waals surface area contributed by atoms with Gasteiger partial charge in [-0.3, -0.25) is 0 Å². The standard InChI is InChI=1S/C38H52N6/c1-31-41-29-37-17-13-35(14-18-37)27-39-21-25-43-23-5-3-7-33-9-11-34(12-10-33)8-4-6-24-44(31)32(2)42-30-38-19-15-36(16-20-38)28-40-22-26-43/h9-20,39-42H,1-8,21-30H2. The van der Waals surface area contributed by atoms with Gasteiger partial charge in [-0.25, -0.2) is 0 Å². The summed E-state index contributed by atoms with van der Waals surface area (Å²) in [5, 5.41) is 14.5. The van der Waals surface area contributed by atoms with Crippen LogP contribution in [-0.2, 0) is 39.0 Å². The molecule has 0 atom stereocenters. The molecule has 3 aromatic carbocycles. The maximum absolute atomic E-state index is 4.43. The summed E-state index contributed by atoms with van der Waals surface area (Å²) in [7, 11) is 0. The molecular weight excluding hydrogens is 540 g/mol. The van der Waals surface area contributed by atoms with Crippen molar-refractivity contribution in [3.05, 3.63) is 131 Å². The van der Waals surface area contributed by atoms with E-state index in [0.29, 0.717) is 0 Å². The first-order valence-corrected chi connectivity index (χ1v) is 16.6. The second-order valence-electron chi connectivity index (χ2n) is 12.3. The van der Waals surface area contributed by atoms with Crippen molar-refractivity contribution in [2.24, 2.45) is 0 Å². The Balaban J connectivity index is 1.36. The zero-order chi connectivity index (χ0) is 30.4. The molecule has 12 aliphatic heterocycles. The molecule has 12 heterocycles. The van der Waals surface area contributed by atoms with Crippen LogP contribution in [0.5, 0.6) is 0 Å². The Bertz CT molecular complexity index is 1230. The van der Waals surface area contributed by atoms with Gasteiger partial charge < -0.3 is 31.1 Å². The molecule has 3 aromatic rings. The van der Waals surface area contributed by atoms with Gasteiger partial charge in [0.1, 0.15) is 0 Å². The van der Waals surface area contributed by atoms with Crippen LogP contribution in [0, 0.1) is 0 Å². The Kier molecular flexibility index (Phi) is 12.3. The lowest BCUT2D eigenvalue weighted by Gasteiger charge is -2.30. The van der Waals surface area contributed by atoms with Gasteiger partial charge in [0.2, 0.25) is 0 Å². The second kappa shape index (κ2) is 17.0. The molecule has 0 amide bonds. The zero-order valence-electron chi connectivity index (χ0n) is 26.6. The molecule has 4 N–H and O–H groups in total. The van der Waals surface area contributed by atoms with Crippen LogP contribution < -0.4 is 21.3 Å². The maximum Gasteiger partial charge on any atom is 0.0997 e. The fourth-order valence-corrected chi connectivity index (χ4v) is 5.99. The van der Waals surface area contributed by atoms with E-state index in [2.05, 4.69) is 117 Å². The summed E-state index contributed by atoms with van der Waals surface area (Å²) < 4.78 is 0. The van der Waals surface area contributed by atoms with Crippen molar-refractivity contribution < 1.29 is 0 Å². The van der Waals surface area contributed by atoms with Crippen molar-refractivity contribution in [3.8, 4) is 0 Å². The van der Waals surface area contributed by atoms with E-state index in [1.807, 2.05) is 0 Å². The van der Waals surface area contributed by atoms with Gasteiger partial charge in [-0.2, -0.15) is 0 Å². The van der Waals surface area contributed by atoms with Crippen LogP contribution in [0.3, 0.4) is 0 Å². The lowest BCUT2D eigenvalue weighted by Crippen LogP contribution is -2.37. The molecule has 0 saturated carbocycles. The largest absolute Gasteiger partial charge is 0.368 e. The van der Waals surface area contributed by atoms with Crippen LogP contribution in [0.2, 0.25) is 0 Å². The van der Waals surface area contributed by atoms with Gasteiger partial charge in [-0.1, -0.05) is 86.0 Å². The normalized spacial score (nSPS) is 19.0. The van der Waals surface area contributed by atoms with Crippen molar-refractivity contribution in [2.75, 3.05) is 39.3 Å². The SMILES string of the molecule is C=C1NCc2ccc(cc2)CNCCN2CCCCc3ccc(cc3)CCCCN1C(=C)NCc1ccc(cc1)CNCC2. The number of aryl methyl sites for hydroxylation is 2. The average Bonchev–Trinajstić information content (AvgIpc) is 3.05. The predicted octanol–water partition coefficient (Wildman–Crippen LogP) is 5.66. The first-order chi connectivity index (χ1) is 21.6. The topological polar surface area (TPSA) is 54.6 Å². The number of hydrogen-bond acceptors (Lipinski definition) is 6. The van der Waals surface area contributed by atoms with E-state index in [1.54, 1.807) is 0 Å². The molecule has 6 nitrogen and oxygen atoms in total. The molecule has 0 unspecified atom stereocenters. The molecule has 0 radical (unpaired) electrons. The third-order valence-corrected chi connectivity index (χ3v) is 8.87. The van der Waals surface area contributed by atoms with Gasteiger partial charge in [0.15, 0.2) is 0 Å². The second-order valence-corrected chi connectivity index (χ2v) is 12.3. The van der Waals surface area contributed by atoms with Gasteiger partial charge in [-0.15, -0.1) is 0 Å². The van der Waals surface area contributed by atoms with Gasteiger partial charge in [-0.05, 0) is 78.5 Å². The molecular formula is C38H52N6. The monoisotopic (exact) mass is 592 g/mol. The summed E-state index contributed by atoms with van der Waals surface area (Å²) >= 11 is 0. The average molecular weight is 593 g/mol. The minimum absolute atomic E-state index is 0.729. The summed E-state index contributed by atoms with van der Waals surface area (Å²) in [6.07, 6.45) is 6.86. The predicted molar refractivity (Wildman–Crippen MR) is 184 cm³/mol. The van der Waals surface area contributed by atoms with Crippen LogP contribution in [0.15, 0.2) is 97.6 Å². The Hall–Kier alpha value is -3.58. The molecule has 0 aromatic heterocycles. The van der Waals surface area contributed by atoms with Crippen molar-refractivity contribution >= 4 is 0 Å². The number of hydrogen-bond donors (Lipinski definition) is 4. The van der Waals surface area contributed by atoms with E-state index in [-0.39, 0.29) is 0 Å².